The van der Waals surface area contributed by atoms with Crippen LogP contribution in [0, 0.1) is 17.3 Å². The van der Waals surface area contributed by atoms with Crippen molar-refractivity contribution in [2.75, 3.05) is 0 Å². The van der Waals surface area contributed by atoms with E-state index in [4.69, 9.17) is 0 Å². The Labute approximate surface area is 62.4 Å². The highest BCUT2D eigenvalue weighted by Gasteiger charge is 2.56. The molecule has 0 heterocycles. The van der Waals surface area contributed by atoms with Crippen molar-refractivity contribution >= 4 is 0 Å². The molecule has 0 amide bonds. The van der Waals surface area contributed by atoms with Crippen molar-refractivity contribution in [3.8, 4) is 0 Å². The van der Waals surface area contributed by atoms with E-state index < -0.39 is 0 Å². The molecule has 0 aromatic rings. The molecule has 0 aromatic carbocycles. The second kappa shape index (κ2) is 1.76. The van der Waals surface area contributed by atoms with Crippen LogP contribution in [0.3, 0.4) is 0 Å². The van der Waals surface area contributed by atoms with E-state index in [1.54, 1.807) is 0 Å². The first-order valence-corrected chi connectivity index (χ1v) is 4.30. The summed E-state index contributed by atoms with van der Waals surface area (Å²) >= 11 is 0. The summed E-state index contributed by atoms with van der Waals surface area (Å²) in [6.07, 6.45) is 3.68. The predicted octanol–water partition coefficient (Wildman–Crippen LogP) is 1.80. The maximum atomic E-state index is 9.55. The number of aliphatic hydroxyl groups is 1. The van der Waals surface area contributed by atoms with Crippen LogP contribution in [0.1, 0.15) is 33.1 Å². The third-order valence-electron chi connectivity index (χ3n) is 3.34. The largest absolute Gasteiger partial charge is 0.393 e. The summed E-state index contributed by atoms with van der Waals surface area (Å²) in [7, 11) is 0. The number of hydrogen-bond acceptors (Lipinski definition) is 1. The lowest BCUT2D eigenvalue weighted by molar-refractivity contribution is 0.0730. The SMILES string of the molecule is CC1CC(O)C2CC2(C)C1. The van der Waals surface area contributed by atoms with Gasteiger partial charge in [-0.05, 0) is 36.5 Å². The minimum absolute atomic E-state index is 0.0220. The number of hydrogen-bond donors (Lipinski definition) is 1. The highest BCUT2D eigenvalue weighted by molar-refractivity contribution is 5.06. The molecule has 10 heavy (non-hydrogen) atoms. The quantitative estimate of drug-likeness (QED) is 0.544. The molecule has 4 unspecified atom stereocenters. The zero-order chi connectivity index (χ0) is 7.35. The van der Waals surface area contributed by atoms with Crippen molar-refractivity contribution in [1.29, 1.82) is 0 Å². The number of fused-ring (bicyclic) bond motifs is 1. The van der Waals surface area contributed by atoms with Crippen LogP contribution in [-0.4, -0.2) is 11.2 Å². The van der Waals surface area contributed by atoms with Gasteiger partial charge >= 0.3 is 0 Å². The lowest BCUT2D eigenvalue weighted by atomic mass is 9.81. The zero-order valence-electron chi connectivity index (χ0n) is 6.80. The summed E-state index contributed by atoms with van der Waals surface area (Å²) in [4.78, 5) is 0. The van der Waals surface area contributed by atoms with Crippen molar-refractivity contribution in [1.82, 2.24) is 0 Å². The highest BCUT2D eigenvalue weighted by atomic mass is 16.3. The van der Waals surface area contributed by atoms with Gasteiger partial charge in [0.2, 0.25) is 0 Å². The van der Waals surface area contributed by atoms with Crippen molar-refractivity contribution in [2.45, 2.75) is 39.2 Å². The van der Waals surface area contributed by atoms with Gasteiger partial charge in [0.25, 0.3) is 0 Å². The molecule has 1 N–H and O–H groups in total. The molecule has 0 aliphatic heterocycles. The fourth-order valence-electron chi connectivity index (χ4n) is 2.73. The maximum absolute atomic E-state index is 9.55. The third kappa shape index (κ3) is 0.800. The monoisotopic (exact) mass is 140 g/mol. The first kappa shape index (κ1) is 6.66. The first-order chi connectivity index (χ1) is 4.62. The van der Waals surface area contributed by atoms with Crippen LogP contribution >= 0.6 is 0 Å². The molecule has 1 nitrogen and oxygen atoms in total. The fourth-order valence-corrected chi connectivity index (χ4v) is 2.73. The molecule has 0 saturated heterocycles. The van der Waals surface area contributed by atoms with Gasteiger partial charge in [-0.3, -0.25) is 0 Å². The van der Waals surface area contributed by atoms with Crippen LogP contribution in [-0.2, 0) is 0 Å². The molecule has 0 radical (unpaired) electrons. The number of aliphatic hydroxyl groups excluding tert-OH is 1. The van der Waals surface area contributed by atoms with E-state index >= 15 is 0 Å². The molecule has 0 bridgehead atoms. The van der Waals surface area contributed by atoms with Gasteiger partial charge in [-0.25, -0.2) is 0 Å². The fraction of sp³-hybridized carbons (Fsp3) is 1.00. The predicted molar refractivity (Wildman–Crippen MR) is 40.6 cm³/mol. The molecular weight excluding hydrogens is 124 g/mol. The van der Waals surface area contributed by atoms with Gasteiger partial charge in [-0.1, -0.05) is 13.8 Å². The summed E-state index contributed by atoms with van der Waals surface area (Å²) in [6, 6.07) is 0. The standard InChI is InChI=1S/C9H16O/c1-6-3-8(10)7-5-9(7,2)4-6/h6-8,10H,3-5H2,1-2H3. The van der Waals surface area contributed by atoms with Crippen LogP contribution in [0.15, 0.2) is 0 Å². The van der Waals surface area contributed by atoms with Crippen LogP contribution in [0.5, 0.6) is 0 Å². The van der Waals surface area contributed by atoms with Crippen molar-refractivity contribution in [3.05, 3.63) is 0 Å². The maximum Gasteiger partial charge on any atom is 0.0576 e. The average molecular weight is 140 g/mol. The highest BCUT2D eigenvalue weighted by Crippen LogP contribution is 2.62. The molecule has 2 aliphatic rings. The van der Waals surface area contributed by atoms with Gasteiger partial charge in [0.15, 0.2) is 0 Å². The van der Waals surface area contributed by atoms with E-state index in [-0.39, 0.29) is 6.10 Å². The van der Waals surface area contributed by atoms with Crippen LogP contribution in [0.4, 0.5) is 0 Å². The number of rotatable bonds is 0. The second-order valence-corrected chi connectivity index (χ2v) is 4.58. The van der Waals surface area contributed by atoms with Gasteiger partial charge in [-0.15, -0.1) is 0 Å². The Bertz CT molecular complexity index is 155. The van der Waals surface area contributed by atoms with Crippen LogP contribution < -0.4 is 0 Å². The summed E-state index contributed by atoms with van der Waals surface area (Å²) in [5.74, 6) is 1.41. The second-order valence-electron chi connectivity index (χ2n) is 4.58. The minimum atomic E-state index is 0.0220. The molecule has 0 aromatic heterocycles. The molecule has 0 spiro atoms. The Balaban J connectivity index is 2.08. The van der Waals surface area contributed by atoms with E-state index in [1.807, 2.05) is 0 Å². The van der Waals surface area contributed by atoms with Gasteiger partial charge in [0.05, 0.1) is 6.10 Å². The van der Waals surface area contributed by atoms with E-state index in [1.165, 1.54) is 12.8 Å². The Morgan fingerprint density at radius 2 is 2.10 bits per heavy atom. The minimum Gasteiger partial charge on any atom is -0.393 e. The first-order valence-electron chi connectivity index (χ1n) is 4.30. The van der Waals surface area contributed by atoms with E-state index in [0.29, 0.717) is 11.3 Å². The average Bonchev–Trinajstić information content (AvgIpc) is 2.39. The van der Waals surface area contributed by atoms with Crippen LogP contribution in [0.25, 0.3) is 0 Å². The molecular formula is C9H16O. The lowest BCUT2D eigenvalue weighted by Gasteiger charge is -2.27. The Morgan fingerprint density at radius 3 is 2.70 bits per heavy atom. The van der Waals surface area contributed by atoms with Crippen molar-refractivity contribution < 1.29 is 5.11 Å². The Kier molecular flexibility index (Phi) is 1.17. The van der Waals surface area contributed by atoms with E-state index in [0.717, 1.165) is 12.3 Å². The molecule has 2 saturated carbocycles. The topological polar surface area (TPSA) is 20.2 Å². The zero-order valence-corrected chi connectivity index (χ0v) is 6.80. The third-order valence-corrected chi connectivity index (χ3v) is 3.34. The van der Waals surface area contributed by atoms with Crippen molar-refractivity contribution in [3.63, 3.8) is 0 Å². The van der Waals surface area contributed by atoms with E-state index in [2.05, 4.69) is 13.8 Å². The Hall–Kier alpha value is -0.0400. The molecule has 2 aliphatic carbocycles. The van der Waals surface area contributed by atoms with Gasteiger partial charge in [0.1, 0.15) is 0 Å². The molecule has 1 heteroatoms. The normalized spacial score (nSPS) is 59.7. The summed E-state index contributed by atoms with van der Waals surface area (Å²) in [6.45, 7) is 4.57. The molecule has 4 atom stereocenters. The van der Waals surface area contributed by atoms with Crippen LogP contribution in [0.2, 0.25) is 0 Å². The molecule has 58 valence electrons. The van der Waals surface area contributed by atoms with Gasteiger partial charge in [0, 0.05) is 0 Å². The van der Waals surface area contributed by atoms with Gasteiger partial charge in [-0.2, -0.15) is 0 Å². The van der Waals surface area contributed by atoms with Gasteiger partial charge < -0.3 is 5.11 Å². The summed E-state index contributed by atoms with van der Waals surface area (Å²) in [5, 5.41) is 9.55. The lowest BCUT2D eigenvalue weighted by Crippen LogP contribution is -2.25. The smallest absolute Gasteiger partial charge is 0.0576 e. The summed E-state index contributed by atoms with van der Waals surface area (Å²) in [5.41, 5.74) is 0.539. The van der Waals surface area contributed by atoms with Crippen molar-refractivity contribution in [2.24, 2.45) is 17.3 Å². The van der Waals surface area contributed by atoms with E-state index in [9.17, 15) is 5.11 Å². The Morgan fingerprint density at radius 1 is 1.40 bits per heavy atom. The summed E-state index contributed by atoms with van der Waals surface area (Å²) < 4.78 is 0. The molecule has 2 fully saturated rings. The molecule has 2 rings (SSSR count).